The predicted octanol–water partition coefficient (Wildman–Crippen LogP) is -0.547. The largest absolute Gasteiger partial charge is 0.481 e. The van der Waals surface area contributed by atoms with Gasteiger partial charge in [-0.3, -0.25) is 14.4 Å². The van der Waals surface area contributed by atoms with Crippen LogP contribution in [-0.4, -0.2) is 64.0 Å². The van der Waals surface area contributed by atoms with Gasteiger partial charge >= 0.3 is 5.97 Å². The minimum Gasteiger partial charge on any atom is -0.481 e. The summed E-state index contributed by atoms with van der Waals surface area (Å²) in [5, 5.41) is 11.0. The Morgan fingerprint density at radius 3 is 2.88 bits per heavy atom. The molecular weight excluding hydrogens is 264 g/mol. The van der Waals surface area contributed by atoms with Crippen molar-refractivity contribution < 1.29 is 19.5 Å². The van der Waals surface area contributed by atoms with Crippen LogP contribution in [0.5, 0.6) is 0 Å². The summed E-state index contributed by atoms with van der Waals surface area (Å²) >= 11 is 2.74. The van der Waals surface area contributed by atoms with Gasteiger partial charge in [0.1, 0.15) is 6.54 Å². The van der Waals surface area contributed by atoms with Crippen molar-refractivity contribution in [3.05, 3.63) is 0 Å². The number of nitrogens with one attached hydrogen (secondary N) is 1. The van der Waals surface area contributed by atoms with Gasteiger partial charge in [-0.1, -0.05) is 0 Å². The van der Waals surface area contributed by atoms with Crippen molar-refractivity contribution in [1.29, 1.82) is 0 Å². The number of carbonyl (C=O) groups excluding carboxylic acids is 2. The highest BCUT2D eigenvalue weighted by Crippen LogP contribution is 2.13. The van der Waals surface area contributed by atoms with Crippen LogP contribution in [0.3, 0.4) is 0 Å². The van der Waals surface area contributed by atoms with Gasteiger partial charge < -0.3 is 15.3 Å². The standard InChI is InChI=1S/C9H14N2O4S2/c12-7(3-11-6-17-4-8(11)13)10-1-2-16-5-9(14)15/h1-6H2,(H,10,12)(H,14,15). The van der Waals surface area contributed by atoms with Gasteiger partial charge in [0.05, 0.1) is 17.4 Å². The molecule has 1 saturated heterocycles. The molecule has 0 aromatic carbocycles. The van der Waals surface area contributed by atoms with Crippen molar-refractivity contribution in [3.8, 4) is 0 Å². The maximum absolute atomic E-state index is 11.4. The molecule has 6 nitrogen and oxygen atoms in total. The van der Waals surface area contributed by atoms with E-state index in [-0.39, 0.29) is 24.1 Å². The molecule has 1 rings (SSSR count). The summed E-state index contributed by atoms with van der Waals surface area (Å²) in [7, 11) is 0. The molecule has 2 amide bonds. The van der Waals surface area contributed by atoms with Crippen LogP contribution < -0.4 is 5.32 Å². The van der Waals surface area contributed by atoms with E-state index >= 15 is 0 Å². The number of carbonyl (C=O) groups is 3. The number of aliphatic carboxylic acids is 1. The first kappa shape index (κ1) is 14.2. The minimum absolute atomic E-state index is 0.00889. The third kappa shape index (κ3) is 5.83. The number of carboxylic acid groups (broad SMARTS) is 1. The molecule has 1 aliphatic heterocycles. The molecule has 2 N–H and O–H groups in total. The van der Waals surface area contributed by atoms with Crippen LogP contribution >= 0.6 is 23.5 Å². The zero-order valence-electron chi connectivity index (χ0n) is 9.18. The summed E-state index contributed by atoms with van der Waals surface area (Å²) in [6.07, 6.45) is 0. The smallest absolute Gasteiger partial charge is 0.313 e. The first-order chi connectivity index (χ1) is 8.09. The van der Waals surface area contributed by atoms with Gasteiger partial charge in [-0.2, -0.15) is 0 Å². The minimum atomic E-state index is -0.860. The van der Waals surface area contributed by atoms with Crippen molar-refractivity contribution in [2.75, 3.05) is 36.2 Å². The Bertz CT molecular complexity index is 311. The van der Waals surface area contributed by atoms with E-state index < -0.39 is 5.97 Å². The Kier molecular flexibility index (Phi) is 6.20. The molecule has 1 heterocycles. The maximum Gasteiger partial charge on any atom is 0.313 e. The number of carboxylic acids is 1. The van der Waals surface area contributed by atoms with Crippen molar-refractivity contribution in [3.63, 3.8) is 0 Å². The lowest BCUT2D eigenvalue weighted by atomic mass is 10.5. The lowest BCUT2D eigenvalue weighted by Crippen LogP contribution is -2.38. The summed E-state index contributed by atoms with van der Waals surface area (Å²) in [5.74, 6) is 0.544. The van der Waals surface area contributed by atoms with Gasteiger partial charge in [0.15, 0.2) is 0 Å². The van der Waals surface area contributed by atoms with Crippen molar-refractivity contribution >= 4 is 41.3 Å². The molecule has 96 valence electrons. The molecule has 0 bridgehead atoms. The number of hydrogen-bond acceptors (Lipinski definition) is 5. The molecule has 0 aliphatic carbocycles. The van der Waals surface area contributed by atoms with Gasteiger partial charge in [0.25, 0.3) is 0 Å². The second-order valence-electron chi connectivity index (χ2n) is 3.37. The van der Waals surface area contributed by atoms with Crippen LogP contribution in [0.25, 0.3) is 0 Å². The highest BCUT2D eigenvalue weighted by Gasteiger charge is 2.22. The van der Waals surface area contributed by atoms with Gasteiger partial charge in [0, 0.05) is 12.3 Å². The van der Waals surface area contributed by atoms with Gasteiger partial charge in [0.2, 0.25) is 11.8 Å². The SMILES string of the molecule is O=C(O)CSCCNC(=O)CN1CSCC1=O. The number of amides is 2. The fraction of sp³-hybridized carbons (Fsp3) is 0.667. The summed E-state index contributed by atoms with van der Waals surface area (Å²) in [6, 6.07) is 0. The van der Waals surface area contributed by atoms with Gasteiger partial charge in [-0.05, 0) is 0 Å². The van der Waals surface area contributed by atoms with Crippen LogP contribution in [0.15, 0.2) is 0 Å². The summed E-state index contributed by atoms with van der Waals surface area (Å²) in [5.41, 5.74) is 0. The Morgan fingerprint density at radius 1 is 1.53 bits per heavy atom. The second kappa shape index (κ2) is 7.44. The van der Waals surface area contributed by atoms with Crippen molar-refractivity contribution in [2.45, 2.75) is 0 Å². The Morgan fingerprint density at radius 2 is 2.29 bits per heavy atom. The van der Waals surface area contributed by atoms with E-state index in [1.54, 1.807) is 0 Å². The van der Waals surface area contributed by atoms with Crippen LogP contribution in [0.2, 0.25) is 0 Å². The first-order valence-electron chi connectivity index (χ1n) is 5.01. The molecule has 0 atom stereocenters. The van der Waals surface area contributed by atoms with Crippen LogP contribution in [0.4, 0.5) is 0 Å². The third-order valence-electron chi connectivity index (χ3n) is 1.95. The van der Waals surface area contributed by atoms with E-state index in [2.05, 4.69) is 5.32 Å². The Balaban J connectivity index is 2.05. The van der Waals surface area contributed by atoms with E-state index in [0.717, 1.165) is 0 Å². The number of hydrogen-bond donors (Lipinski definition) is 2. The highest BCUT2D eigenvalue weighted by atomic mass is 32.2. The van der Waals surface area contributed by atoms with Gasteiger partial charge in [-0.25, -0.2) is 0 Å². The van der Waals surface area contributed by atoms with E-state index in [1.807, 2.05) is 0 Å². The molecule has 0 unspecified atom stereocenters. The zero-order chi connectivity index (χ0) is 12.7. The topological polar surface area (TPSA) is 86.7 Å². The average Bonchev–Trinajstić information content (AvgIpc) is 2.63. The van der Waals surface area contributed by atoms with Crippen LogP contribution in [0.1, 0.15) is 0 Å². The number of nitrogens with zero attached hydrogens (tertiary/aromatic N) is 1. The molecule has 1 aliphatic rings. The maximum atomic E-state index is 11.4. The molecule has 17 heavy (non-hydrogen) atoms. The first-order valence-corrected chi connectivity index (χ1v) is 7.32. The molecule has 8 heteroatoms. The molecule has 0 aromatic heterocycles. The fourth-order valence-corrected chi connectivity index (χ4v) is 2.66. The fourth-order valence-electron chi connectivity index (χ4n) is 1.19. The summed E-state index contributed by atoms with van der Waals surface area (Å²) in [4.78, 5) is 34.3. The van der Waals surface area contributed by atoms with E-state index in [9.17, 15) is 14.4 Å². The zero-order valence-corrected chi connectivity index (χ0v) is 10.8. The average molecular weight is 278 g/mol. The predicted molar refractivity (Wildman–Crippen MR) is 67.0 cm³/mol. The van der Waals surface area contributed by atoms with E-state index in [0.29, 0.717) is 23.9 Å². The highest BCUT2D eigenvalue weighted by molar-refractivity contribution is 8.00. The van der Waals surface area contributed by atoms with Gasteiger partial charge in [-0.15, -0.1) is 23.5 Å². The van der Waals surface area contributed by atoms with E-state index in [1.165, 1.54) is 28.4 Å². The molecule has 0 aromatic rings. The summed E-state index contributed by atoms with van der Waals surface area (Å²) < 4.78 is 0. The monoisotopic (exact) mass is 278 g/mol. The van der Waals surface area contributed by atoms with Crippen LogP contribution in [0, 0.1) is 0 Å². The third-order valence-corrected chi connectivity index (χ3v) is 3.84. The quantitative estimate of drug-likeness (QED) is 0.608. The van der Waals surface area contributed by atoms with Crippen molar-refractivity contribution in [2.24, 2.45) is 0 Å². The molecule has 1 fully saturated rings. The Hall–Kier alpha value is -0.890. The van der Waals surface area contributed by atoms with Crippen LogP contribution in [-0.2, 0) is 14.4 Å². The van der Waals surface area contributed by atoms with Crippen molar-refractivity contribution in [1.82, 2.24) is 10.2 Å². The Labute approximate surface area is 107 Å². The molecular formula is C9H14N2O4S2. The number of rotatable bonds is 7. The number of thioether (sulfide) groups is 2. The molecule has 0 radical (unpaired) electrons. The lowest BCUT2D eigenvalue weighted by Gasteiger charge is -2.13. The lowest BCUT2D eigenvalue weighted by molar-refractivity contribution is -0.134. The van der Waals surface area contributed by atoms with E-state index in [4.69, 9.17) is 5.11 Å². The molecule has 0 saturated carbocycles. The summed E-state index contributed by atoms with van der Waals surface area (Å²) in [6.45, 7) is 0.515. The second-order valence-corrected chi connectivity index (χ2v) is 5.43. The molecule has 0 spiro atoms. The normalized spacial score (nSPS) is 15.1.